The van der Waals surface area contributed by atoms with E-state index in [1.54, 1.807) is 0 Å². The molecule has 0 unspecified atom stereocenters. The van der Waals surface area contributed by atoms with Crippen LogP contribution in [0.3, 0.4) is 0 Å². The molecule has 0 aliphatic carbocycles. The molecule has 0 bridgehead atoms. The molecule has 4 rings (SSSR count). The van der Waals surface area contributed by atoms with Crippen LogP contribution >= 0.6 is 0 Å². The van der Waals surface area contributed by atoms with E-state index in [2.05, 4.69) is 21.3 Å². The van der Waals surface area contributed by atoms with Gasteiger partial charge in [-0.05, 0) is 42.7 Å². The molecule has 132 valence electrons. The topological polar surface area (TPSA) is 81.1 Å². The number of aromatic nitrogens is 1. The molecule has 2 N–H and O–H groups in total. The van der Waals surface area contributed by atoms with Crippen LogP contribution in [0, 0.1) is 5.82 Å². The standard InChI is InChI=1S/C19H17FN4O2/c20-13-7-8-14-15(10-13)21-19(26)18(14)23-22-17(25)11-24-9-3-5-12-4-1-2-6-16(12)24/h1-2,4,6-8,10,21,26H,3,5,9,11H2. The Morgan fingerprint density at radius 2 is 2.12 bits per heavy atom. The fourth-order valence-corrected chi connectivity index (χ4v) is 3.32. The molecule has 0 fully saturated rings. The first kappa shape index (κ1) is 16.3. The van der Waals surface area contributed by atoms with Crippen LogP contribution in [0.2, 0.25) is 0 Å². The van der Waals surface area contributed by atoms with Gasteiger partial charge in [-0.25, -0.2) is 4.39 Å². The first-order chi connectivity index (χ1) is 12.6. The van der Waals surface area contributed by atoms with Gasteiger partial charge in [0.05, 0.1) is 5.52 Å². The van der Waals surface area contributed by atoms with Crippen LogP contribution in [0.1, 0.15) is 12.0 Å². The quantitative estimate of drug-likeness (QED) is 0.697. The molecule has 0 saturated carbocycles. The molecule has 1 aliphatic rings. The highest BCUT2D eigenvalue weighted by molar-refractivity contribution is 5.94. The molecule has 0 radical (unpaired) electrons. The highest BCUT2D eigenvalue weighted by Crippen LogP contribution is 2.35. The first-order valence-corrected chi connectivity index (χ1v) is 8.39. The third kappa shape index (κ3) is 3.03. The van der Waals surface area contributed by atoms with Gasteiger partial charge in [-0.2, -0.15) is 0 Å². The number of para-hydroxylation sites is 1. The molecule has 26 heavy (non-hydrogen) atoms. The van der Waals surface area contributed by atoms with Gasteiger partial charge in [0.25, 0.3) is 5.91 Å². The minimum absolute atomic E-state index is 0.123. The number of hydrogen-bond donors (Lipinski definition) is 2. The largest absolute Gasteiger partial charge is 0.493 e. The van der Waals surface area contributed by atoms with E-state index in [9.17, 15) is 14.3 Å². The van der Waals surface area contributed by atoms with Crippen molar-refractivity contribution in [3.63, 3.8) is 0 Å². The number of fused-ring (bicyclic) bond motifs is 2. The summed E-state index contributed by atoms with van der Waals surface area (Å²) in [5.74, 6) is -1.08. The summed E-state index contributed by atoms with van der Waals surface area (Å²) in [6.07, 6.45) is 1.98. The monoisotopic (exact) mass is 352 g/mol. The molecule has 2 aromatic carbocycles. The second-order valence-corrected chi connectivity index (χ2v) is 6.26. The second-order valence-electron chi connectivity index (χ2n) is 6.26. The number of nitrogens with zero attached hydrogens (tertiary/aromatic N) is 3. The summed E-state index contributed by atoms with van der Waals surface area (Å²) in [5.41, 5.74) is 2.80. The zero-order valence-electron chi connectivity index (χ0n) is 13.9. The van der Waals surface area contributed by atoms with Crippen LogP contribution in [-0.2, 0) is 11.2 Å². The van der Waals surface area contributed by atoms with Gasteiger partial charge < -0.3 is 15.0 Å². The Balaban J connectivity index is 1.53. The van der Waals surface area contributed by atoms with E-state index in [1.165, 1.54) is 23.8 Å². The van der Waals surface area contributed by atoms with Crippen LogP contribution < -0.4 is 4.90 Å². The highest BCUT2D eigenvalue weighted by Gasteiger charge is 2.19. The average Bonchev–Trinajstić information content (AvgIpc) is 2.94. The zero-order chi connectivity index (χ0) is 18.1. The number of carbonyl (C=O) groups excluding carboxylic acids is 1. The van der Waals surface area contributed by atoms with E-state index in [1.807, 2.05) is 23.1 Å². The number of rotatable bonds is 3. The van der Waals surface area contributed by atoms with Crippen molar-refractivity contribution < 1.29 is 14.3 Å². The fourth-order valence-electron chi connectivity index (χ4n) is 3.32. The number of aromatic hydroxyl groups is 1. The van der Waals surface area contributed by atoms with E-state index in [-0.39, 0.29) is 18.1 Å². The summed E-state index contributed by atoms with van der Waals surface area (Å²) in [5, 5.41) is 18.1. The van der Waals surface area contributed by atoms with Gasteiger partial charge in [0.15, 0.2) is 5.69 Å². The lowest BCUT2D eigenvalue weighted by atomic mass is 10.0. The lowest BCUT2D eigenvalue weighted by Crippen LogP contribution is -2.33. The molecule has 1 amide bonds. The summed E-state index contributed by atoms with van der Waals surface area (Å²) >= 11 is 0. The van der Waals surface area contributed by atoms with E-state index < -0.39 is 11.7 Å². The molecule has 3 aromatic rings. The van der Waals surface area contributed by atoms with E-state index in [0.717, 1.165) is 25.1 Å². The number of H-pyrrole nitrogens is 1. The predicted molar refractivity (Wildman–Crippen MR) is 96.4 cm³/mol. The molecule has 0 spiro atoms. The van der Waals surface area contributed by atoms with Crippen molar-refractivity contribution in [3.05, 3.63) is 53.8 Å². The molecule has 6 nitrogen and oxygen atoms in total. The Morgan fingerprint density at radius 1 is 1.27 bits per heavy atom. The number of benzene rings is 2. The molecular formula is C19H17FN4O2. The number of hydrogen-bond acceptors (Lipinski definition) is 4. The number of anilines is 1. The third-order valence-corrected chi connectivity index (χ3v) is 4.51. The summed E-state index contributed by atoms with van der Waals surface area (Å²) in [6, 6.07) is 12.0. The van der Waals surface area contributed by atoms with Crippen molar-refractivity contribution >= 4 is 28.2 Å². The Hall–Kier alpha value is -3.22. The van der Waals surface area contributed by atoms with Gasteiger partial charge >= 0.3 is 0 Å². The Morgan fingerprint density at radius 3 is 3.00 bits per heavy atom. The van der Waals surface area contributed by atoms with Gasteiger partial charge in [0.1, 0.15) is 12.4 Å². The predicted octanol–water partition coefficient (Wildman–Crippen LogP) is 4.08. The maximum absolute atomic E-state index is 13.3. The zero-order valence-corrected chi connectivity index (χ0v) is 13.9. The summed E-state index contributed by atoms with van der Waals surface area (Å²) < 4.78 is 13.3. The summed E-state index contributed by atoms with van der Waals surface area (Å²) in [4.78, 5) is 16.9. The molecule has 1 aromatic heterocycles. The van der Waals surface area contributed by atoms with Crippen molar-refractivity contribution in [2.45, 2.75) is 12.8 Å². The van der Waals surface area contributed by atoms with E-state index >= 15 is 0 Å². The Bertz CT molecular complexity index is 1010. The third-order valence-electron chi connectivity index (χ3n) is 4.51. The Kier molecular flexibility index (Phi) is 4.12. The molecular weight excluding hydrogens is 335 g/mol. The van der Waals surface area contributed by atoms with Gasteiger partial charge in [0.2, 0.25) is 5.88 Å². The van der Waals surface area contributed by atoms with Crippen LogP contribution in [0.5, 0.6) is 5.88 Å². The summed E-state index contributed by atoms with van der Waals surface area (Å²) in [6.45, 7) is 0.911. The normalized spacial score (nSPS) is 14.1. The Labute approximate surface area is 149 Å². The van der Waals surface area contributed by atoms with Crippen molar-refractivity contribution in [2.24, 2.45) is 10.2 Å². The van der Waals surface area contributed by atoms with E-state index in [0.29, 0.717) is 10.9 Å². The number of halogens is 1. The van der Waals surface area contributed by atoms with Crippen molar-refractivity contribution in [3.8, 4) is 5.88 Å². The second kappa shape index (κ2) is 6.59. The maximum Gasteiger partial charge on any atom is 0.283 e. The van der Waals surface area contributed by atoms with Crippen molar-refractivity contribution in [1.29, 1.82) is 0 Å². The van der Waals surface area contributed by atoms with Gasteiger partial charge in [-0.15, -0.1) is 10.2 Å². The molecule has 0 atom stereocenters. The minimum atomic E-state index is -0.429. The van der Waals surface area contributed by atoms with Gasteiger partial charge in [-0.1, -0.05) is 18.2 Å². The lowest BCUT2D eigenvalue weighted by molar-refractivity contribution is -0.117. The van der Waals surface area contributed by atoms with Crippen molar-refractivity contribution in [1.82, 2.24) is 4.98 Å². The van der Waals surface area contributed by atoms with E-state index in [4.69, 9.17) is 0 Å². The molecule has 2 heterocycles. The SMILES string of the molecule is O=C(CN1CCCc2ccccc21)N=Nc1c(O)[nH]c2cc(F)ccc12. The molecule has 7 heteroatoms. The number of amides is 1. The summed E-state index contributed by atoms with van der Waals surface area (Å²) in [7, 11) is 0. The highest BCUT2D eigenvalue weighted by atomic mass is 19.1. The lowest BCUT2D eigenvalue weighted by Gasteiger charge is -2.29. The van der Waals surface area contributed by atoms with Crippen LogP contribution in [0.4, 0.5) is 15.8 Å². The van der Waals surface area contributed by atoms with Gasteiger partial charge in [0, 0.05) is 17.6 Å². The fraction of sp³-hybridized carbons (Fsp3) is 0.211. The number of aryl methyl sites for hydroxylation is 1. The number of azo groups is 1. The number of aromatic amines is 1. The van der Waals surface area contributed by atoms with Crippen LogP contribution in [0.15, 0.2) is 52.7 Å². The maximum atomic E-state index is 13.3. The first-order valence-electron chi connectivity index (χ1n) is 8.39. The van der Waals surface area contributed by atoms with Crippen LogP contribution in [-0.4, -0.2) is 29.1 Å². The minimum Gasteiger partial charge on any atom is -0.493 e. The number of nitrogens with one attached hydrogen (secondary N) is 1. The molecule has 1 aliphatic heterocycles. The molecule has 0 saturated heterocycles. The number of carbonyl (C=O) groups is 1. The smallest absolute Gasteiger partial charge is 0.283 e. The van der Waals surface area contributed by atoms with Gasteiger partial charge in [-0.3, -0.25) is 4.79 Å². The average molecular weight is 352 g/mol. The van der Waals surface area contributed by atoms with Crippen LogP contribution in [0.25, 0.3) is 10.9 Å². The van der Waals surface area contributed by atoms with Crippen molar-refractivity contribution in [2.75, 3.05) is 18.0 Å².